The van der Waals surface area contributed by atoms with Crippen molar-refractivity contribution in [2.75, 3.05) is 0 Å². The van der Waals surface area contributed by atoms with Crippen molar-refractivity contribution >= 4 is 15.9 Å². The molecule has 84 valence electrons. The molecule has 0 saturated carbocycles. The van der Waals surface area contributed by atoms with Crippen molar-refractivity contribution in [1.29, 1.82) is 0 Å². The van der Waals surface area contributed by atoms with Gasteiger partial charge in [0.05, 0.1) is 0 Å². The van der Waals surface area contributed by atoms with E-state index in [9.17, 15) is 4.79 Å². The van der Waals surface area contributed by atoms with Crippen molar-refractivity contribution in [2.24, 2.45) is 0 Å². The van der Waals surface area contributed by atoms with Gasteiger partial charge >= 0.3 is 5.82 Å². The fourth-order valence-electron chi connectivity index (χ4n) is 1.41. The van der Waals surface area contributed by atoms with E-state index in [1.807, 2.05) is 12.1 Å². The lowest BCUT2D eigenvalue weighted by atomic mass is 10.1. The highest BCUT2D eigenvalue weighted by molar-refractivity contribution is 9.10. The highest BCUT2D eigenvalue weighted by Crippen LogP contribution is 2.12. The topological polar surface area (TPSA) is 56.2 Å². The van der Waals surface area contributed by atoms with Gasteiger partial charge in [-0.15, -0.1) is 0 Å². The molecule has 5 heteroatoms. The third-order valence-electron chi connectivity index (χ3n) is 2.19. The summed E-state index contributed by atoms with van der Waals surface area (Å²) in [7, 11) is 0. The Balaban J connectivity index is 1.84. The molecule has 0 saturated heterocycles. The summed E-state index contributed by atoms with van der Waals surface area (Å²) in [5, 5.41) is 3.50. The lowest BCUT2D eigenvalue weighted by molar-refractivity contribution is 0.334. The predicted octanol–water partition coefficient (Wildman–Crippen LogP) is 2.57. The van der Waals surface area contributed by atoms with Gasteiger partial charge in [-0.3, -0.25) is 4.52 Å². The summed E-state index contributed by atoms with van der Waals surface area (Å²) in [6.07, 6.45) is 2.41. The number of halogens is 1. The van der Waals surface area contributed by atoms with Crippen molar-refractivity contribution in [1.82, 2.24) is 5.16 Å². The van der Waals surface area contributed by atoms with Crippen molar-refractivity contribution in [3.8, 4) is 0 Å². The molecule has 1 aromatic carbocycles. The molecule has 0 aliphatic carbocycles. The van der Waals surface area contributed by atoms with Gasteiger partial charge in [-0.2, -0.15) is 0 Å². The maximum Gasteiger partial charge on any atom is 0.542 e. The number of rotatable bonds is 4. The summed E-state index contributed by atoms with van der Waals surface area (Å²) in [5.41, 5.74) is 1.24. The van der Waals surface area contributed by atoms with Crippen LogP contribution in [0.2, 0.25) is 0 Å². The molecule has 0 spiro atoms. The largest absolute Gasteiger partial charge is 0.542 e. The maximum absolute atomic E-state index is 10.6. The third-order valence-corrected chi connectivity index (χ3v) is 2.72. The van der Waals surface area contributed by atoms with Crippen LogP contribution in [0.15, 0.2) is 42.5 Å². The van der Waals surface area contributed by atoms with Gasteiger partial charge in [0.2, 0.25) is 5.89 Å². The van der Waals surface area contributed by atoms with Gasteiger partial charge in [-0.05, 0) is 35.7 Å². The second-order valence-corrected chi connectivity index (χ2v) is 4.32. The predicted molar refractivity (Wildman–Crippen MR) is 61.2 cm³/mol. The first-order valence-electron chi connectivity index (χ1n) is 4.94. The zero-order valence-corrected chi connectivity index (χ0v) is 10.1. The normalized spacial score (nSPS) is 10.6. The highest BCUT2D eigenvalue weighted by Gasteiger charge is 2.03. The van der Waals surface area contributed by atoms with Crippen LogP contribution in [0.25, 0.3) is 0 Å². The molecule has 0 radical (unpaired) electrons. The van der Waals surface area contributed by atoms with Crippen LogP contribution in [-0.2, 0) is 12.8 Å². The Bertz CT molecular complexity index is 500. The van der Waals surface area contributed by atoms with Crippen LogP contribution in [0.5, 0.6) is 0 Å². The van der Waals surface area contributed by atoms with Crippen molar-refractivity contribution in [2.45, 2.75) is 19.3 Å². The van der Waals surface area contributed by atoms with Crippen LogP contribution in [0.4, 0.5) is 0 Å². The number of hydrogen-bond donors (Lipinski definition) is 0. The van der Waals surface area contributed by atoms with Gasteiger partial charge in [0.1, 0.15) is 0 Å². The number of hydrogen-bond acceptors (Lipinski definition) is 4. The summed E-state index contributed by atoms with van der Waals surface area (Å²) in [4.78, 5) is 10.6. The molecule has 0 fully saturated rings. The molecule has 1 aromatic heterocycles. The average molecular weight is 284 g/mol. The Hall–Kier alpha value is -1.36. The lowest BCUT2D eigenvalue weighted by Crippen LogP contribution is -1.91. The highest BCUT2D eigenvalue weighted by atomic mass is 79.9. The van der Waals surface area contributed by atoms with Gasteiger partial charge in [0, 0.05) is 10.9 Å². The number of aromatic nitrogens is 1. The van der Waals surface area contributed by atoms with E-state index in [0.29, 0.717) is 12.3 Å². The minimum Gasteiger partial charge on any atom is -0.375 e. The number of benzene rings is 1. The van der Waals surface area contributed by atoms with Gasteiger partial charge in [-0.25, -0.2) is 4.79 Å². The summed E-state index contributed by atoms with van der Waals surface area (Å²) >= 11 is 3.38. The van der Waals surface area contributed by atoms with Gasteiger partial charge in [0.25, 0.3) is 0 Å². The van der Waals surface area contributed by atoms with Crippen molar-refractivity contribution < 1.29 is 8.94 Å². The standard InChI is InChI=1S/C11H10BrNO3/c12-9-6-4-8(5-7-9)2-1-3-10-13-16-11(14)15-10/h4-7H,1-3H2. The van der Waals surface area contributed by atoms with E-state index in [0.717, 1.165) is 17.3 Å². The molecule has 0 atom stereocenters. The van der Waals surface area contributed by atoms with E-state index >= 15 is 0 Å². The quantitative estimate of drug-likeness (QED) is 0.865. The number of aryl methyl sites for hydroxylation is 2. The van der Waals surface area contributed by atoms with E-state index in [1.165, 1.54) is 5.56 Å². The Morgan fingerprint density at radius 3 is 2.56 bits per heavy atom. The maximum atomic E-state index is 10.6. The van der Waals surface area contributed by atoms with Crippen LogP contribution < -0.4 is 5.82 Å². The van der Waals surface area contributed by atoms with E-state index < -0.39 is 5.82 Å². The van der Waals surface area contributed by atoms with Gasteiger partial charge in [0.15, 0.2) is 0 Å². The zero-order valence-electron chi connectivity index (χ0n) is 8.48. The van der Waals surface area contributed by atoms with Crippen LogP contribution in [-0.4, -0.2) is 5.16 Å². The first kappa shape index (κ1) is 11.1. The Labute approximate surface area is 100 Å². The average Bonchev–Trinajstić information content (AvgIpc) is 2.67. The molecular formula is C11H10BrNO3. The first-order chi connectivity index (χ1) is 7.74. The molecule has 0 unspecified atom stereocenters. The molecule has 1 heterocycles. The van der Waals surface area contributed by atoms with E-state index in [4.69, 9.17) is 4.42 Å². The van der Waals surface area contributed by atoms with Crippen molar-refractivity contribution in [3.63, 3.8) is 0 Å². The first-order valence-corrected chi connectivity index (χ1v) is 5.73. The molecule has 0 bridgehead atoms. The van der Waals surface area contributed by atoms with Crippen LogP contribution >= 0.6 is 15.9 Å². The molecule has 4 nitrogen and oxygen atoms in total. The molecule has 0 amide bonds. The summed E-state index contributed by atoms with van der Waals surface area (Å²) < 4.78 is 10.1. The molecular weight excluding hydrogens is 274 g/mol. The lowest BCUT2D eigenvalue weighted by Gasteiger charge is -1.99. The van der Waals surface area contributed by atoms with Gasteiger partial charge in [-0.1, -0.05) is 28.1 Å². The fraction of sp³-hybridized carbons (Fsp3) is 0.273. The SMILES string of the molecule is O=c1onc(CCCc2ccc(Br)cc2)o1. The molecule has 0 N–H and O–H groups in total. The molecule has 2 aromatic rings. The smallest absolute Gasteiger partial charge is 0.375 e. The van der Waals surface area contributed by atoms with Crippen molar-refractivity contribution in [3.05, 3.63) is 50.8 Å². The monoisotopic (exact) mass is 283 g/mol. The Morgan fingerprint density at radius 2 is 1.94 bits per heavy atom. The van der Waals surface area contributed by atoms with E-state index in [2.05, 4.69) is 37.7 Å². The van der Waals surface area contributed by atoms with Crippen LogP contribution in [0, 0.1) is 0 Å². The molecule has 16 heavy (non-hydrogen) atoms. The molecule has 0 aliphatic rings. The summed E-state index contributed by atoms with van der Waals surface area (Å²) in [5.74, 6) is -0.374. The minimum absolute atomic E-state index is 0.363. The summed E-state index contributed by atoms with van der Waals surface area (Å²) in [6.45, 7) is 0. The molecule has 2 rings (SSSR count). The van der Waals surface area contributed by atoms with Gasteiger partial charge < -0.3 is 4.42 Å². The molecule has 0 aliphatic heterocycles. The van der Waals surface area contributed by atoms with E-state index in [-0.39, 0.29) is 0 Å². The zero-order chi connectivity index (χ0) is 11.4. The summed E-state index contributed by atoms with van der Waals surface area (Å²) in [6, 6.07) is 8.13. The second-order valence-electron chi connectivity index (χ2n) is 3.41. The van der Waals surface area contributed by atoms with E-state index in [1.54, 1.807) is 0 Å². The number of nitrogens with zero attached hydrogens (tertiary/aromatic N) is 1. The fourth-order valence-corrected chi connectivity index (χ4v) is 1.68. The third kappa shape index (κ3) is 3.06. The Kier molecular flexibility index (Phi) is 3.56. The van der Waals surface area contributed by atoms with Crippen LogP contribution in [0.1, 0.15) is 17.9 Å². The second kappa shape index (κ2) is 5.12. The van der Waals surface area contributed by atoms with Crippen LogP contribution in [0.3, 0.4) is 0 Å². The Morgan fingerprint density at radius 1 is 1.19 bits per heavy atom. The minimum atomic E-state index is -0.737.